The van der Waals surface area contributed by atoms with Gasteiger partial charge in [0.25, 0.3) is 0 Å². The fourth-order valence-corrected chi connectivity index (χ4v) is 1.67. The molecule has 0 saturated carbocycles. The van der Waals surface area contributed by atoms with E-state index in [0.29, 0.717) is 0 Å². The van der Waals surface area contributed by atoms with Gasteiger partial charge in [-0.05, 0) is 24.4 Å². The van der Waals surface area contributed by atoms with Gasteiger partial charge in [0.05, 0.1) is 0 Å². The molecular weight excluding hydrogens is 208 g/mol. The van der Waals surface area contributed by atoms with Gasteiger partial charge in [-0.15, -0.1) is 0 Å². The molecule has 0 amide bonds. The normalized spacial score (nSPS) is 14.0. The van der Waals surface area contributed by atoms with Crippen molar-refractivity contribution in [1.29, 1.82) is 0 Å². The first-order valence-corrected chi connectivity index (χ1v) is 6.37. The lowest BCUT2D eigenvalue weighted by molar-refractivity contribution is 0.228. The monoisotopic (exact) mass is 234 g/mol. The second-order valence-corrected chi connectivity index (χ2v) is 5.97. The molecule has 1 unspecified atom stereocenters. The molecule has 1 aromatic rings. The second kappa shape index (κ2) is 6.18. The molecule has 0 bridgehead atoms. The fourth-order valence-electron chi connectivity index (χ4n) is 1.67. The molecule has 0 fully saturated rings. The van der Waals surface area contributed by atoms with Crippen molar-refractivity contribution in [2.45, 2.75) is 33.2 Å². The molecule has 0 radical (unpaired) electrons. The number of hydrogen-bond acceptors (Lipinski definition) is 2. The maximum absolute atomic E-state index is 6.18. The van der Waals surface area contributed by atoms with Crippen molar-refractivity contribution < 1.29 is 0 Å². The van der Waals surface area contributed by atoms with Crippen molar-refractivity contribution in [3.8, 4) is 0 Å². The average Bonchev–Trinajstić information content (AvgIpc) is 2.26. The van der Waals surface area contributed by atoms with E-state index in [9.17, 15) is 0 Å². The molecule has 2 N–H and O–H groups in total. The number of likely N-dealkylation sites (N-methyl/N-ethyl adjacent to an activating group) is 1. The Morgan fingerprint density at radius 1 is 1.18 bits per heavy atom. The van der Waals surface area contributed by atoms with E-state index in [2.05, 4.69) is 63.1 Å². The number of rotatable bonds is 5. The van der Waals surface area contributed by atoms with Crippen LogP contribution in [0.2, 0.25) is 0 Å². The van der Waals surface area contributed by atoms with Crippen molar-refractivity contribution in [1.82, 2.24) is 4.90 Å². The van der Waals surface area contributed by atoms with E-state index in [1.165, 1.54) is 5.56 Å². The predicted octanol–water partition coefficient (Wildman–Crippen LogP) is 2.53. The summed E-state index contributed by atoms with van der Waals surface area (Å²) in [7, 11) is 2.15. The molecule has 1 atom stereocenters. The lowest BCUT2D eigenvalue weighted by Crippen LogP contribution is -2.44. The zero-order valence-corrected chi connectivity index (χ0v) is 11.6. The Bertz CT molecular complexity index is 313. The Morgan fingerprint density at radius 2 is 1.76 bits per heavy atom. The SMILES string of the molecule is CN(CCc1ccccc1)CC(N)C(C)(C)C. The first-order valence-electron chi connectivity index (χ1n) is 6.37. The van der Waals surface area contributed by atoms with E-state index in [-0.39, 0.29) is 11.5 Å². The van der Waals surface area contributed by atoms with Crippen LogP contribution in [0.4, 0.5) is 0 Å². The molecule has 2 nitrogen and oxygen atoms in total. The van der Waals surface area contributed by atoms with Crippen LogP contribution in [0.1, 0.15) is 26.3 Å². The number of benzene rings is 1. The lowest BCUT2D eigenvalue weighted by Gasteiger charge is -2.31. The highest BCUT2D eigenvalue weighted by Gasteiger charge is 2.21. The van der Waals surface area contributed by atoms with Gasteiger partial charge in [-0.3, -0.25) is 0 Å². The molecule has 0 heterocycles. The van der Waals surface area contributed by atoms with Gasteiger partial charge in [0.15, 0.2) is 0 Å². The zero-order chi connectivity index (χ0) is 12.9. The molecule has 0 aliphatic rings. The summed E-state index contributed by atoms with van der Waals surface area (Å²) in [6.07, 6.45) is 1.09. The van der Waals surface area contributed by atoms with Crippen LogP contribution < -0.4 is 5.73 Å². The van der Waals surface area contributed by atoms with Gasteiger partial charge in [0.2, 0.25) is 0 Å². The van der Waals surface area contributed by atoms with Crippen LogP contribution in [0.3, 0.4) is 0 Å². The molecule has 0 aliphatic heterocycles. The summed E-state index contributed by atoms with van der Waals surface area (Å²) in [6, 6.07) is 10.8. The van der Waals surface area contributed by atoms with Crippen LogP contribution in [-0.4, -0.2) is 31.1 Å². The van der Waals surface area contributed by atoms with E-state index in [4.69, 9.17) is 5.73 Å². The van der Waals surface area contributed by atoms with Gasteiger partial charge in [0, 0.05) is 19.1 Å². The van der Waals surface area contributed by atoms with Crippen molar-refractivity contribution in [2.75, 3.05) is 20.1 Å². The molecule has 0 spiro atoms. The Balaban J connectivity index is 2.33. The Labute approximate surface area is 106 Å². The number of nitrogens with two attached hydrogens (primary N) is 1. The average molecular weight is 234 g/mol. The van der Waals surface area contributed by atoms with Crippen LogP contribution >= 0.6 is 0 Å². The molecular formula is C15H26N2. The molecule has 1 rings (SSSR count). The van der Waals surface area contributed by atoms with Crippen LogP contribution in [0, 0.1) is 5.41 Å². The van der Waals surface area contributed by atoms with E-state index in [0.717, 1.165) is 19.5 Å². The summed E-state index contributed by atoms with van der Waals surface area (Å²) in [5.74, 6) is 0. The minimum atomic E-state index is 0.182. The molecule has 17 heavy (non-hydrogen) atoms. The van der Waals surface area contributed by atoms with E-state index < -0.39 is 0 Å². The van der Waals surface area contributed by atoms with Crippen LogP contribution in [-0.2, 0) is 6.42 Å². The third-order valence-electron chi connectivity index (χ3n) is 3.25. The summed E-state index contributed by atoms with van der Waals surface area (Å²) >= 11 is 0. The van der Waals surface area contributed by atoms with Gasteiger partial charge >= 0.3 is 0 Å². The second-order valence-electron chi connectivity index (χ2n) is 5.97. The third-order valence-corrected chi connectivity index (χ3v) is 3.25. The highest BCUT2D eigenvalue weighted by atomic mass is 15.1. The fraction of sp³-hybridized carbons (Fsp3) is 0.600. The zero-order valence-electron chi connectivity index (χ0n) is 11.6. The van der Waals surface area contributed by atoms with E-state index in [1.54, 1.807) is 0 Å². The minimum absolute atomic E-state index is 0.182. The molecule has 2 heteroatoms. The van der Waals surface area contributed by atoms with E-state index >= 15 is 0 Å². The minimum Gasteiger partial charge on any atom is -0.326 e. The maximum Gasteiger partial charge on any atom is 0.0217 e. The first-order chi connectivity index (χ1) is 7.89. The highest BCUT2D eigenvalue weighted by molar-refractivity contribution is 5.14. The lowest BCUT2D eigenvalue weighted by atomic mass is 9.87. The number of nitrogens with zero attached hydrogens (tertiary/aromatic N) is 1. The largest absolute Gasteiger partial charge is 0.326 e. The Morgan fingerprint density at radius 3 is 2.29 bits per heavy atom. The summed E-state index contributed by atoms with van der Waals surface area (Å²) in [5.41, 5.74) is 7.75. The summed E-state index contributed by atoms with van der Waals surface area (Å²) in [5, 5.41) is 0. The maximum atomic E-state index is 6.18. The van der Waals surface area contributed by atoms with Crippen LogP contribution in [0.15, 0.2) is 30.3 Å². The molecule has 0 aromatic heterocycles. The Hall–Kier alpha value is -0.860. The Kier molecular flexibility index (Phi) is 5.16. The van der Waals surface area contributed by atoms with Gasteiger partial charge < -0.3 is 10.6 Å². The van der Waals surface area contributed by atoms with Crippen molar-refractivity contribution in [2.24, 2.45) is 11.1 Å². The van der Waals surface area contributed by atoms with Crippen molar-refractivity contribution in [3.05, 3.63) is 35.9 Å². The predicted molar refractivity (Wildman–Crippen MR) is 75.1 cm³/mol. The van der Waals surface area contributed by atoms with E-state index in [1.807, 2.05) is 0 Å². The van der Waals surface area contributed by atoms with Gasteiger partial charge in [-0.2, -0.15) is 0 Å². The highest BCUT2D eigenvalue weighted by Crippen LogP contribution is 2.17. The van der Waals surface area contributed by atoms with Crippen LogP contribution in [0.25, 0.3) is 0 Å². The van der Waals surface area contributed by atoms with Crippen molar-refractivity contribution in [3.63, 3.8) is 0 Å². The van der Waals surface area contributed by atoms with Gasteiger partial charge in [-0.25, -0.2) is 0 Å². The molecule has 96 valence electrons. The molecule has 0 aliphatic carbocycles. The quantitative estimate of drug-likeness (QED) is 0.848. The van der Waals surface area contributed by atoms with Crippen molar-refractivity contribution >= 4 is 0 Å². The standard InChI is InChI=1S/C15H26N2/c1-15(2,3)14(16)12-17(4)11-10-13-8-6-5-7-9-13/h5-9,14H,10-12,16H2,1-4H3. The van der Waals surface area contributed by atoms with Gasteiger partial charge in [0.1, 0.15) is 0 Å². The molecule has 0 saturated heterocycles. The summed E-state index contributed by atoms with van der Waals surface area (Å²) in [6.45, 7) is 8.61. The smallest absolute Gasteiger partial charge is 0.0217 e. The summed E-state index contributed by atoms with van der Waals surface area (Å²) in [4.78, 5) is 2.32. The third kappa shape index (κ3) is 5.33. The topological polar surface area (TPSA) is 29.3 Å². The number of hydrogen-bond donors (Lipinski definition) is 1. The molecule has 1 aromatic carbocycles. The van der Waals surface area contributed by atoms with Gasteiger partial charge in [-0.1, -0.05) is 51.1 Å². The van der Waals surface area contributed by atoms with Crippen LogP contribution in [0.5, 0.6) is 0 Å². The summed E-state index contributed by atoms with van der Waals surface area (Å²) < 4.78 is 0. The first kappa shape index (κ1) is 14.2.